The van der Waals surface area contributed by atoms with Crippen LogP contribution >= 0.6 is 27.3 Å². The van der Waals surface area contributed by atoms with Crippen molar-refractivity contribution in [3.63, 3.8) is 0 Å². The lowest BCUT2D eigenvalue weighted by Gasteiger charge is -2.06. The zero-order valence-electron chi connectivity index (χ0n) is 11.2. The molecule has 0 fully saturated rings. The summed E-state index contributed by atoms with van der Waals surface area (Å²) in [5.74, 6) is 0. The summed E-state index contributed by atoms with van der Waals surface area (Å²) in [6.45, 7) is 2.03. The summed E-state index contributed by atoms with van der Waals surface area (Å²) in [5, 5.41) is 6.13. The first kappa shape index (κ1) is 14.0. The molecule has 4 nitrogen and oxygen atoms in total. The van der Waals surface area contributed by atoms with Crippen molar-refractivity contribution in [3.05, 3.63) is 52.5 Å². The van der Waals surface area contributed by atoms with Crippen molar-refractivity contribution in [1.29, 1.82) is 0 Å². The topological polar surface area (TPSA) is 54.0 Å². The van der Waals surface area contributed by atoms with Gasteiger partial charge in [-0.3, -0.25) is 5.32 Å². The van der Waals surface area contributed by atoms with Crippen LogP contribution in [0.1, 0.15) is 5.56 Å². The third-order valence-electron chi connectivity index (χ3n) is 2.89. The number of aryl methyl sites for hydroxylation is 1. The third kappa shape index (κ3) is 3.22. The fourth-order valence-electron chi connectivity index (χ4n) is 1.90. The standard InChI is InChI=1S/C15H12BrN3OS/c1-9-6-7-12-13(8-9)21-15(18-12)19-14(20)17-11-5-3-2-4-10(11)16/h2-8H,1H3,(H2,17,18,19,20). The van der Waals surface area contributed by atoms with Crippen molar-refractivity contribution in [1.82, 2.24) is 4.98 Å². The van der Waals surface area contributed by atoms with Gasteiger partial charge >= 0.3 is 6.03 Å². The Bertz CT molecular complexity index is 816. The number of carbonyl (C=O) groups excluding carboxylic acids is 1. The van der Waals surface area contributed by atoms with Gasteiger partial charge in [0.05, 0.1) is 15.9 Å². The number of thiazole rings is 1. The minimum Gasteiger partial charge on any atom is -0.307 e. The first-order valence-corrected chi connectivity index (χ1v) is 7.92. The molecule has 3 rings (SSSR count). The molecule has 3 aromatic rings. The van der Waals surface area contributed by atoms with E-state index in [9.17, 15) is 4.79 Å². The first-order chi connectivity index (χ1) is 10.1. The smallest absolute Gasteiger partial charge is 0.307 e. The Kier molecular flexibility index (Phi) is 3.90. The molecule has 21 heavy (non-hydrogen) atoms. The van der Waals surface area contributed by atoms with Gasteiger partial charge in [0, 0.05) is 4.47 Å². The van der Waals surface area contributed by atoms with Crippen LogP contribution in [0, 0.1) is 6.92 Å². The van der Waals surface area contributed by atoms with Crippen molar-refractivity contribution in [2.75, 3.05) is 10.6 Å². The number of hydrogen-bond donors (Lipinski definition) is 2. The number of nitrogens with one attached hydrogen (secondary N) is 2. The van der Waals surface area contributed by atoms with Crippen LogP contribution in [0.4, 0.5) is 15.6 Å². The Morgan fingerprint density at radius 3 is 2.81 bits per heavy atom. The number of hydrogen-bond acceptors (Lipinski definition) is 3. The van der Waals surface area contributed by atoms with E-state index in [-0.39, 0.29) is 6.03 Å². The minimum atomic E-state index is -0.308. The number of para-hydroxylation sites is 1. The molecular formula is C15H12BrN3OS. The molecule has 0 bridgehead atoms. The van der Waals surface area contributed by atoms with E-state index in [4.69, 9.17) is 0 Å². The molecule has 0 aliphatic carbocycles. The third-order valence-corrected chi connectivity index (χ3v) is 4.51. The number of carbonyl (C=O) groups is 1. The molecule has 2 amide bonds. The molecule has 1 heterocycles. The summed E-state index contributed by atoms with van der Waals surface area (Å²) in [5.41, 5.74) is 2.78. The van der Waals surface area contributed by atoms with E-state index >= 15 is 0 Å². The van der Waals surface area contributed by atoms with Crippen LogP contribution in [0.3, 0.4) is 0 Å². The zero-order valence-corrected chi connectivity index (χ0v) is 13.6. The molecule has 0 aliphatic heterocycles. The molecular weight excluding hydrogens is 350 g/mol. The van der Waals surface area contributed by atoms with Crippen molar-refractivity contribution in [2.24, 2.45) is 0 Å². The van der Waals surface area contributed by atoms with E-state index in [1.54, 1.807) is 0 Å². The molecule has 0 saturated carbocycles. The SMILES string of the molecule is Cc1ccc2nc(NC(=O)Nc3ccccc3Br)sc2c1. The van der Waals surface area contributed by atoms with Crippen LogP contribution in [0.25, 0.3) is 10.2 Å². The summed E-state index contributed by atoms with van der Waals surface area (Å²) >= 11 is 4.85. The number of nitrogens with zero attached hydrogens (tertiary/aromatic N) is 1. The van der Waals surface area contributed by atoms with Crippen molar-refractivity contribution in [3.8, 4) is 0 Å². The van der Waals surface area contributed by atoms with Crippen molar-refractivity contribution in [2.45, 2.75) is 6.92 Å². The van der Waals surface area contributed by atoms with Crippen LogP contribution in [-0.4, -0.2) is 11.0 Å². The molecule has 0 saturated heterocycles. The number of aromatic nitrogens is 1. The quantitative estimate of drug-likeness (QED) is 0.673. The van der Waals surface area contributed by atoms with E-state index in [0.717, 1.165) is 14.7 Å². The highest BCUT2D eigenvalue weighted by Gasteiger charge is 2.09. The van der Waals surface area contributed by atoms with Crippen LogP contribution in [0.5, 0.6) is 0 Å². The zero-order chi connectivity index (χ0) is 14.8. The van der Waals surface area contributed by atoms with Gasteiger partial charge in [0.2, 0.25) is 0 Å². The maximum absolute atomic E-state index is 12.0. The summed E-state index contributed by atoms with van der Waals surface area (Å²) in [6.07, 6.45) is 0. The number of halogens is 1. The fraction of sp³-hybridized carbons (Fsp3) is 0.0667. The van der Waals surface area contributed by atoms with Gasteiger partial charge in [0.1, 0.15) is 0 Å². The lowest BCUT2D eigenvalue weighted by molar-refractivity contribution is 0.262. The van der Waals surface area contributed by atoms with Gasteiger partial charge in [0.25, 0.3) is 0 Å². The monoisotopic (exact) mass is 361 g/mol. The molecule has 0 radical (unpaired) electrons. The van der Waals surface area contributed by atoms with Crippen LogP contribution in [0.2, 0.25) is 0 Å². The van der Waals surface area contributed by atoms with Crippen LogP contribution in [0.15, 0.2) is 46.9 Å². The number of fused-ring (bicyclic) bond motifs is 1. The fourth-order valence-corrected chi connectivity index (χ4v) is 3.24. The maximum Gasteiger partial charge on any atom is 0.325 e. The molecule has 106 valence electrons. The van der Waals surface area contributed by atoms with Gasteiger partial charge in [-0.1, -0.05) is 29.5 Å². The maximum atomic E-state index is 12.0. The van der Waals surface area contributed by atoms with E-state index in [1.165, 1.54) is 16.9 Å². The second-order valence-electron chi connectivity index (χ2n) is 4.55. The van der Waals surface area contributed by atoms with Crippen LogP contribution < -0.4 is 10.6 Å². The molecule has 0 unspecified atom stereocenters. The highest BCUT2D eigenvalue weighted by molar-refractivity contribution is 9.10. The largest absolute Gasteiger partial charge is 0.325 e. The number of anilines is 2. The Morgan fingerprint density at radius 2 is 2.00 bits per heavy atom. The van der Waals surface area contributed by atoms with Gasteiger partial charge < -0.3 is 5.32 Å². The first-order valence-electron chi connectivity index (χ1n) is 6.31. The molecule has 0 atom stereocenters. The van der Waals surface area contributed by atoms with Gasteiger partial charge in [-0.25, -0.2) is 9.78 Å². The van der Waals surface area contributed by atoms with Crippen molar-refractivity contribution < 1.29 is 4.79 Å². The summed E-state index contributed by atoms with van der Waals surface area (Å²) in [4.78, 5) is 16.4. The molecule has 0 aliphatic rings. The van der Waals surface area contributed by atoms with E-state index in [2.05, 4.69) is 37.6 Å². The van der Waals surface area contributed by atoms with Crippen LogP contribution in [-0.2, 0) is 0 Å². The normalized spacial score (nSPS) is 10.6. The molecule has 2 aromatic carbocycles. The van der Waals surface area contributed by atoms with Gasteiger partial charge in [-0.05, 0) is 52.7 Å². The van der Waals surface area contributed by atoms with Gasteiger partial charge in [0.15, 0.2) is 5.13 Å². The highest BCUT2D eigenvalue weighted by atomic mass is 79.9. The number of amides is 2. The highest BCUT2D eigenvalue weighted by Crippen LogP contribution is 2.27. The molecule has 0 spiro atoms. The molecule has 1 aromatic heterocycles. The van der Waals surface area contributed by atoms with Gasteiger partial charge in [-0.2, -0.15) is 0 Å². The van der Waals surface area contributed by atoms with E-state index in [0.29, 0.717) is 10.8 Å². The Balaban J connectivity index is 1.75. The minimum absolute atomic E-state index is 0.308. The molecule has 2 N–H and O–H groups in total. The average molecular weight is 362 g/mol. The van der Waals surface area contributed by atoms with E-state index in [1.807, 2.05) is 43.3 Å². The molecule has 6 heteroatoms. The van der Waals surface area contributed by atoms with E-state index < -0.39 is 0 Å². The Labute approximate surface area is 134 Å². The number of benzene rings is 2. The predicted molar refractivity (Wildman–Crippen MR) is 91.1 cm³/mol. The second kappa shape index (κ2) is 5.83. The van der Waals surface area contributed by atoms with Crippen molar-refractivity contribution >= 4 is 54.3 Å². The summed E-state index contributed by atoms with van der Waals surface area (Å²) < 4.78 is 1.89. The Morgan fingerprint density at radius 1 is 1.19 bits per heavy atom. The lowest BCUT2D eigenvalue weighted by atomic mass is 10.2. The van der Waals surface area contributed by atoms with Gasteiger partial charge in [-0.15, -0.1) is 0 Å². The lowest BCUT2D eigenvalue weighted by Crippen LogP contribution is -2.19. The summed E-state index contributed by atoms with van der Waals surface area (Å²) in [6, 6.07) is 13.2. The number of rotatable bonds is 2. The number of urea groups is 1. The summed E-state index contributed by atoms with van der Waals surface area (Å²) in [7, 11) is 0. The predicted octanol–water partition coefficient (Wildman–Crippen LogP) is 5.01. The average Bonchev–Trinajstić information content (AvgIpc) is 2.82. The Hall–Kier alpha value is -1.92. The second-order valence-corrected chi connectivity index (χ2v) is 6.43.